The number of ether oxygens (including phenoxy) is 1. The Balaban J connectivity index is 1.78. The topological polar surface area (TPSA) is 75.7 Å². The third-order valence-electron chi connectivity index (χ3n) is 4.00. The van der Waals surface area contributed by atoms with Crippen molar-refractivity contribution in [2.75, 3.05) is 18.6 Å². The maximum absolute atomic E-state index is 12.5. The Bertz CT molecular complexity index is 887. The summed E-state index contributed by atoms with van der Waals surface area (Å²) < 4.78 is 32.6. The van der Waals surface area contributed by atoms with Crippen LogP contribution in [0.5, 0.6) is 5.75 Å². The van der Waals surface area contributed by atoms with E-state index < -0.39 is 16.1 Å². The molecule has 25 heavy (non-hydrogen) atoms. The number of para-hydroxylation sites is 1. The van der Waals surface area contributed by atoms with E-state index in [1.54, 1.807) is 4.90 Å². The maximum Gasteiger partial charge on any atom is 0.245 e. The second-order valence-electron chi connectivity index (χ2n) is 5.58. The first-order chi connectivity index (χ1) is 11.9. The Hall–Kier alpha value is -2.09. The van der Waals surface area contributed by atoms with Gasteiger partial charge < -0.3 is 9.64 Å². The number of carbonyl (C=O) groups excluding carboxylic acids is 1. The summed E-state index contributed by atoms with van der Waals surface area (Å²) in [6.07, 6.45) is 0.400. The summed E-state index contributed by atoms with van der Waals surface area (Å²) in [5, 5.41) is 0.189. The Morgan fingerprint density at radius 2 is 1.92 bits per heavy atom. The SMILES string of the molecule is COc1ccc(S(=O)(=O)NC2CCN(c3ccccc3)C2=O)cc1Cl. The van der Waals surface area contributed by atoms with Crippen molar-refractivity contribution in [3.8, 4) is 5.75 Å². The van der Waals surface area contributed by atoms with Gasteiger partial charge in [-0.3, -0.25) is 4.79 Å². The number of hydrogen-bond acceptors (Lipinski definition) is 4. The van der Waals surface area contributed by atoms with Crippen LogP contribution in [-0.2, 0) is 14.8 Å². The molecule has 0 radical (unpaired) electrons. The predicted molar refractivity (Wildman–Crippen MR) is 95.5 cm³/mol. The standard InChI is InChI=1S/C17H17ClN2O4S/c1-24-16-8-7-13(11-14(16)18)25(22,23)19-15-9-10-20(17(15)21)12-5-3-2-4-6-12/h2-8,11,15,19H,9-10H2,1H3. The van der Waals surface area contributed by atoms with Gasteiger partial charge in [-0.2, -0.15) is 4.72 Å². The number of nitrogens with one attached hydrogen (secondary N) is 1. The Labute approximate surface area is 151 Å². The molecule has 8 heteroatoms. The second kappa shape index (κ2) is 7.03. The number of benzene rings is 2. The van der Waals surface area contributed by atoms with Gasteiger partial charge in [0.25, 0.3) is 0 Å². The molecule has 1 unspecified atom stereocenters. The molecule has 0 aromatic heterocycles. The summed E-state index contributed by atoms with van der Waals surface area (Å²) in [6.45, 7) is 0.458. The molecule has 6 nitrogen and oxygen atoms in total. The predicted octanol–water partition coefficient (Wildman–Crippen LogP) is 2.43. The molecule has 0 spiro atoms. The number of carbonyl (C=O) groups is 1. The molecule has 1 fully saturated rings. The van der Waals surface area contributed by atoms with Crippen molar-refractivity contribution in [3.63, 3.8) is 0 Å². The van der Waals surface area contributed by atoms with E-state index in [0.717, 1.165) is 5.69 Å². The van der Waals surface area contributed by atoms with Gasteiger partial charge in [-0.15, -0.1) is 0 Å². The minimum Gasteiger partial charge on any atom is -0.495 e. The quantitative estimate of drug-likeness (QED) is 0.864. The molecule has 1 amide bonds. The van der Waals surface area contributed by atoms with Crippen molar-refractivity contribution in [1.82, 2.24) is 4.72 Å². The van der Waals surface area contributed by atoms with E-state index in [0.29, 0.717) is 18.7 Å². The number of amides is 1. The van der Waals surface area contributed by atoms with Crippen LogP contribution < -0.4 is 14.4 Å². The van der Waals surface area contributed by atoms with Crippen LogP contribution in [0.4, 0.5) is 5.69 Å². The molecule has 132 valence electrons. The third kappa shape index (κ3) is 3.63. The highest BCUT2D eigenvalue weighted by molar-refractivity contribution is 7.89. The van der Waals surface area contributed by atoms with Gasteiger partial charge in [0, 0.05) is 12.2 Å². The van der Waals surface area contributed by atoms with E-state index in [4.69, 9.17) is 16.3 Å². The van der Waals surface area contributed by atoms with Gasteiger partial charge in [-0.1, -0.05) is 29.8 Å². The van der Waals surface area contributed by atoms with Crippen molar-refractivity contribution in [2.24, 2.45) is 0 Å². The molecule has 2 aromatic rings. The van der Waals surface area contributed by atoms with E-state index in [1.165, 1.54) is 25.3 Å². The zero-order valence-electron chi connectivity index (χ0n) is 13.5. The summed E-state index contributed by atoms with van der Waals surface area (Å²) in [7, 11) is -2.42. The molecular weight excluding hydrogens is 364 g/mol. The lowest BCUT2D eigenvalue weighted by Crippen LogP contribution is -2.41. The fourth-order valence-electron chi connectivity index (χ4n) is 2.72. The number of rotatable bonds is 5. The van der Waals surface area contributed by atoms with Crippen molar-refractivity contribution in [1.29, 1.82) is 0 Å². The highest BCUT2D eigenvalue weighted by atomic mass is 35.5. The number of methoxy groups -OCH3 is 1. The Morgan fingerprint density at radius 1 is 1.20 bits per heavy atom. The zero-order chi connectivity index (χ0) is 18.0. The number of anilines is 1. The monoisotopic (exact) mass is 380 g/mol. The molecule has 1 N–H and O–H groups in total. The molecule has 2 aromatic carbocycles. The minimum atomic E-state index is -3.87. The van der Waals surface area contributed by atoms with Gasteiger partial charge in [0.05, 0.1) is 17.0 Å². The normalized spacial score (nSPS) is 17.8. The van der Waals surface area contributed by atoms with Crippen LogP contribution in [0.3, 0.4) is 0 Å². The molecule has 1 aliphatic heterocycles. The van der Waals surface area contributed by atoms with Crippen molar-refractivity contribution in [3.05, 3.63) is 53.6 Å². The highest BCUT2D eigenvalue weighted by Crippen LogP contribution is 2.28. The van der Waals surface area contributed by atoms with Gasteiger partial charge in [0.15, 0.2) is 0 Å². The summed E-state index contributed by atoms with van der Waals surface area (Å²) in [4.78, 5) is 14.1. The fourth-order valence-corrected chi connectivity index (χ4v) is 4.30. The largest absolute Gasteiger partial charge is 0.495 e. The Morgan fingerprint density at radius 3 is 2.56 bits per heavy atom. The van der Waals surface area contributed by atoms with Gasteiger partial charge in [-0.05, 0) is 36.8 Å². The average Bonchev–Trinajstić information content (AvgIpc) is 2.95. The van der Waals surface area contributed by atoms with Gasteiger partial charge in [0.1, 0.15) is 11.8 Å². The van der Waals surface area contributed by atoms with Crippen LogP contribution in [0.15, 0.2) is 53.4 Å². The first-order valence-corrected chi connectivity index (χ1v) is 9.51. The van der Waals surface area contributed by atoms with E-state index in [1.807, 2.05) is 30.3 Å². The van der Waals surface area contributed by atoms with E-state index in [2.05, 4.69) is 4.72 Å². The Kier molecular flexibility index (Phi) is 4.99. The van der Waals surface area contributed by atoms with Crippen LogP contribution in [0.25, 0.3) is 0 Å². The number of halogens is 1. The second-order valence-corrected chi connectivity index (χ2v) is 7.71. The summed E-state index contributed by atoms with van der Waals surface area (Å²) in [5.41, 5.74) is 0.752. The zero-order valence-corrected chi connectivity index (χ0v) is 15.0. The van der Waals surface area contributed by atoms with Crippen molar-refractivity contribution >= 4 is 33.2 Å². The summed E-state index contributed by atoms with van der Waals surface area (Å²) >= 11 is 5.99. The molecule has 1 aliphatic rings. The summed E-state index contributed by atoms with van der Waals surface area (Å²) in [6, 6.07) is 12.5. The van der Waals surface area contributed by atoms with Crippen LogP contribution >= 0.6 is 11.6 Å². The van der Waals surface area contributed by atoms with Gasteiger partial charge in [0.2, 0.25) is 15.9 Å². The average molecular weight is 381 g/mol. The fraction of sp³-hybridized carbons (Fsp3) is 0.235. The maximum atomic E-state index is 12.5. The third-order valence-corrected chi connectivity index (χ3v) is 5.77. The number of hydrogen-bond donors (Lipinski definition) is 1. The lowest BCUT2D eigenvalue weighted by Gasteiger charge is -2.17. The molecule has 0 bridgehead atoms. The van der Waals surface area contributed by atoms with Gasteiger partial charge >= 0.3 is 0 Å². The van der Waals surface area contributed by atoms with Crippen LogP contribution in [0.1, 0.15) is 6.42 Å². The van der Waals surface area contributed by atoms with Crippen LogP contribution in [-0.4, -0.2) is 34.0 Å². The molecular formula is C17H17ClN2O4S. The lowest BCUT2D eigenvalue weighted by atomic mass is 10.3. The molecule has 1 atom stereocenters. The van der Waals surface area contributed by atoms with Crippen molar-refractivity contribution < 1.29 is 17.9 Å². The molecule has 1 heterocycles. The van der Waals surface area contributed by atoms with Crippen LogP contribution in [0.2, 0.25) is 5.02 Å². The molecule has 0 aliphatic carbocycles. The molecule has 1 saturated heterocycles. The number of sulfonamides is 1. The van der Waals surface area contributed by atoms with Gasteiger partial charge in [-0.25, -0.2) is 8.42 Å². The molecule has 3 rings (SSSR count). The molecule has 0 saturated carbocycles. The smallest absolute Gasteiger partial charge is 0.245 e. The van der Waals surface area contributed by atoms with E-state index in [9.17, 15) is 13.2 Å². The van der Waals surface area contributed by atoms with E-state index >= 15 is 0 Å². The summed E-state index contributed by atoms with van der Waals surface area (Å²) in [5.74, 6) is 0.113. The highest BCUT2D eigenvalue weighted by Gasteiger charge is 2.35. The van der Waals surface area contributed by atoms with E-state index in [-0.39, 0.29) is 15.8 Å². The number of nitrogens with zero attached hydrogens (tertiary/aromatic N) is 1. The van der Waals surface area contributed by atoms with Crippen LogP contribution in [0, 0.1) is 0 Å². The minimum absolute atomic E-state index is 0.00994. The first-order valence-electron chi connectivity index (χ1n) is 7.64. The first kappa shape index (κ1) is 17.7. The van der Waals surface area contributed by atoms with Crippen molar-refractivity contribution in [2.45, 2.75) is 17.4 Å². The lowest BCUT2D eigenvalue weighted by molar-refractivity contribution is -0.118.